The average Bonchev–Trinajstić information content (AvgIpc) is 2.48. The van der Waals surface area contributed by atoms with Crippen molar-refractivity contribution in [3.8, 4) is 17.8 Å². The SMILES string of the molecule is CCCOc1nc(NN)nc(Oc2ccc(C)c(C)c2)n1. The molecule has 0 saturated carbocycles. The summed E-state index contributed by atoms with van der Waals surface area (Å²) in [5, 5.41) is 0. The monoisotopic (exact) mass is 289 g/mol. The van der Waals surface area contributed by atoms with E-state index in [0.717, 1.165) is 12.0 Å². The van der Waals surface area contributed by atoms with Crippen LogP contribution in [-0.2, 0) is 0 Å². The zero-order chi connectivity index (χ0) is 15.2. The molecule has 2 rings (SSSR count). The van der Waals surface area contributed by atoms with Gasteiger partial charge in [0, 0.05) is 0 Å². The number of nitrogens with two attached hydrogens (primary N) is 1. The van der Waals surface area contributed by atoms with Gasteiger partial charge in [-0.2, -0.15) is 9.97 Å². The summed E-state index contributed by atoms with van der Waals surface area (Å²) in [6, 6.07) is 6.06. The summed E-state index contributed by atoms with van der Waals surface area (Å²) >= 11 is 0. The molecule has 0 aliphatic heterocycles. The third kappa shape index (κ3) is 4.03. The molecule has 21 heavy (non-hydrogen) atoms. The second-order valence-electron chi connectivity index (χ2n) is 4.57. The normalized spacial score (nSPS) is 10.3. The molecule has 0 aliphatic rings. The number of hydrogen-bond acceptors (Lipinski definition) is 7. The summed E-state index contributed by atoms with van der Waals surface area (Å²) < 4.78 is 11.0. The van der Waals surface area contributed by atoms with Crippen molar-refractivity contribution < 1.29 is 9.47 Å². The Balaban J connectivity index is 2.23. The number of nitrogens with one attached hydrogen (secondary N) is 1. The predicted molar refractivity (Wildman–Crippen MR) is 79.4 cm³/mol. The van der Waals surface area contributed by atoms with Crippen LogP contribution in [-0.4, -0.2) is 21.6 Å². The lowest BCUT2D eigenvalue weighted by molar-refractivity contribution is 0.285. The smallest absolute Gasteiger partial charge is 0.330 e. The summed E-state index contributed by atoms with van der Waals surface area (Å²) in [5.74, 6) is 6.18. The zero-order valence-corrected chi connectivity index (χ0v) is 12.4. The van der Waals surface area contributed by atoms with E-state index in [-0.39, 0.29) is 18.0 Å². The minimum Gasteiger partial charge on any atom is -0.463 e. The summed E-state index contributed by atoms with van der Waals surface area (Å²) in [5.41, 5.74) is 4.68. The Labute approximate surface area is 123 Å². The van der Waals surface area contributed by atoms with E-state index in [1.807, 2.05) is 39.0 Å². The first-order chi connectivity index (χ1) is 10.1. The van der Waals surface area contributed by atoms with E-state index >= 15 is 0 Å². The van der Waals surface area contributed by atoms with E-state index in [0.29, 0.717) is 12.4 Å². The van der Waals surface area contributed by atoms with E-state index in [4.69, 9.17) is 15.3 Å². The highest BCUT2D eigenvalue weighted by molar-refractivity contribution is 5.36. The van der Waals surface area contributed by atoms with Crippen LogP contribution in [0.2, 0.25) is 0 Å². The van der Waals surface area contributed by atoms with Crippen molar-refractivity contribution in [2.24, 2.45) is 5.84 Å². The number of hydrazine groups is 1. The molecule has 7 nitrogen and oxygen atoms in total. The highest BCUT2D eigenvalue weighted by Gasteiger charge is 2.09. The molecule has 0 spiro atoms. The van der Waals surface area contributed by atoms with E-state index in [2.05, 4.69) is 20.4 Å². The van der Waals surface area contributed by atoms with Crippen molar-refractivity contribution in [3.63, 3.8) is 0 Å². The van der Waals surface area contributed by atoms with Gasteiger partial charge in [-0.1, -0.05) is 13.0 Å². The number of anilines is 1. The molecular formula is C14H19N5O2. The lowest BCUT2D eigenvalue weighted by Crippen LogP contribution is -2.13. The fraction of sp³-hybridized carbons (Fsp3) is 0.357. The average molecular weight is 289 g/mol. The van der Waals surface area contributed by atoms with Crippen molar-refractivity contribution in [1.82, 2.24) is 15.0 Å². The highest BCUT2D eigenvalue weighted by Crippen LogP contribution is 2.22. The molecule has 1 heterocycles. The van der Waals surface area contributed by atoms with Crippen molar-refractivity contribution in [3.05, 3.63) is 29.3 Å². The van der Waals surface area contributed by atoms with E-state index in [1.54, 1.807) is 0 Å². The summed E-state index contributed by atoms with van der Waals surface area (Å²) in [6.45, 7) is 6.56. The van der Waals surface area contributed by atoms with Crippen LogP contribution in [0.5, 0.6) is 17.8 Å². The van der Waals surface area contributed by atoms with Crippen LogP contribution in [0, 0.1) is 13.8 Å². The minimum atomic E-state index is 0.132. The molecule has 1 aromatic carbocycles. The molecule has 3 N–H and O–H groups in total. The Morgan fingerprint density at radius 1 is 1.10 bits per heavy atom. The molecule has 0 fully saturated rings. The highest BCUT2D eigenvalue weighted by atomic mass is 16.5. The number of nitrogen functional groups attached to an aromatic ring is 1. The van der Waals surface area contributed by atoms with Crippen LogP contribution in [0.1, 0.15) is 24.5 Å². The standard InChI is InChI=1S/C14H19N5O2/c1-4-7-20-13-16-12(19-15)17-14(18-13)21-11-6-5-9(2)10(3)8-11/h5-6,8H,4,7,15H2,1-3H3,(H,16,17,18,19). The van der Waals surface area contributed by atoms with Crippen LogP contribution < -0.4 is 20.7 Å². The van der Waals surface area contributed by atoms with E-state index < -0.39 is 0 Å². The molecular weight excluding hydrogens is 270 g/mol. The van der Waals surface area contributed by atoms with Crippen molar-refractivity contribution in [2.45, 2.75) is 27.2 Å². The number of aryl methyl sites for hydroxylation is 2. The lowest BCUT2D eigenvalue weighted by atomic mass is 10.1. The molecule has 0 aliphatic carbocycles. The molecule has 112 valence electrons. The maximum Gasteiger partial charge on any atom is 0.330 e. The van der Waals surface area contributed by atoms with Crippen LogP contribution in [0.4, 0.5) is 5.95 Å². The van der Waals surface area contributed by atoms with Gasteiger partial charge in [-0.3, -0.25) is 5.43 Å². The van der Waals surface area contributed by atoms with E-state index in [9.17, 15) is 0 Å². The van der Waals surface area contributed by atoms with Gasteiger partial charge in [-0.05, 0) is 43.5 Å². The largest absolute Gasteiger partial charge is 0.463 e. The second kappa shape index (κ2) is 6.85. The van der Waals surface area contributed by atoms with Crippen molar-refractivity contribution >= 4 is 5.95 Å². The third-order valence-corrected chi connectivity index (χ3v) is 2.85. The van der Waals surface area contributed by atoms with Gasteiger partial charge in [0.15, 0.2) is 0 Å². The molecule has 0 radical (unpaired) electrons. The Hall–Kier alpha value is -2.41. The van der Waals surface area contributed by atoms with Crippen LogP contribution in [0.25, 0.3) is 0 Å². The Kier molecular flexibility index (Phi) is 4.89. The van der Waals surface area contributed by atoms with Crippen molar-refractivity contribution in [1.29, 1.82) is 0 Å². The van der Waals surface area contributed by atoms with Gasteiger partial charge in [-0.15, -0.1) is 4.98 Å². The Morgan fingerprint density at radius 3 is 2.52 bits per heavy atom. The van der Waals surface area contributed by atoms with E-state index in [1.165, 1.54) is 5.56 Å². The van der Waals surface area contributed by atoms with Crippen LogP contribution in [0.15, 0.2) is 18.2 Å². The van der Waals surface area contributed by atoms with Gasteiger partial charge < -0.3 is 9.47 Å². The van der Waals surface area contributed by atoms with Gasteiger partial charge in [0.1, 0.15) is 5.75 Å². The quantitative estimate of drug-likeness (QED) is 0.622. The second-order valence-corrected chi connectivity index (χ2v) is 4.57. The molecule has 1 aromatic heterocycles. The summed E-state index contributed by atoms with van der Waals surface area (Å²) in [6.07, 6.45) is 0.852. The fourth-order valence-corrected chi connectivity index (χ4v) is 1.59. The topological polar surface area (TPSA) is 95.2 Å². The summed E-state index contributed by atoms with van der Waals surface area (Å²) in [4.78, 5) is 12.2. The number of aromatic nitrogens is 3. The van der Waals surface area contributed by atoms with Gasteiger partial charge in [0.05, 0.1) is 6.61 Å². The number of benzene rings is 1. The van der Waals surface area contributed by atoms with Crippen molar-refractivity contribution in [2.75, 3.05) is 12.0 Å². The molecule has 0 saturated heterocycles. The van der Waals surface area contributed by atoms with Gasteiger partial charge in [0.25, 0.3) is 0 Å². The summed E-state index contributed by atoms with van der Waals surface area (Å²) in [7, 11) is 0. The number of rotatable bonds is 6. The predicted octanol–water partition coefficient (Wildman–Crippen LogP) is 2.36. The molecule has 0 atom stereocenters. The molecule has 7 heteroatoms. The number of ether oxygens (including phenoxy) is 2. The number of hydrogen-bond donors (Lipinski definition) is 2. The van der Waals surface area contributed by atoms with Gasteiger partial charge in [-0.25, -0.2) is 5.84 Å². The minimum absolute atomic E-state index is 0.132. The molecule has 0 amide bonds. The van der Waals surface area contributed by atoms with Crippen LogP contribution in [0.3, 0.4) is 0 Å². The van der Waals surface area contributed by atoms with Gasteiger partial charge >= 0.3 is 12.0 Å². The third-order valence-electron chi connectivity index (χ3n) is 2.85. The number of nitrogens with zero attached hydrogens (tertiary/aromatic N) is 3. The first kappa shape index (κ1) is 15.0. The maximum atomic E-state index is 5.64. The molecule has 0 unspecified atom stereocenters. The first-order valence-electron chi connectivity index (χ1n) is 6.73. The Morgan fingerprint density at radius 2 is 1.86 bits per heavy atom. The Bertz CT molecular complexity index is 618. The first-order valence-corrected chi connectivity index (χ1v) is 6.73. The zero-order valence-electron chi connectivity index (χ0n) is 12.4. The maximum absolute atomic E-state index is 5.64. The fourth-order valence-electron chi connectivity index (χ4n) is 1.59. The van der Waals surface area contributed by atoms with Gasteiger partial charge in [0.2, 0.25) is 5.95 Å². The molecule has 0 bridgehead atoms. The molecule has 2 aromatic rings. The van der Waals surface area contributed by atoms with Crippen LogP contribution >= 0.6 is 0 Å². The lowest BCUT2D eigenvalue weighted by Gasteiger charge is -2.09.